The van der Waals surface area contributed by atoms with Crippen molar-refractivity contribution < 1.29 is 4.79 Å². The zero-order valence-electron chi connectivity index (χ0n) is 13.3. The molecule has 1 N–H and O–H groups in total. The van der Waals surface area contributed by atoms with Crippen molar-refractivity contribution >= 4 is 5.91 Å². The van der Waals surface area contributed by atoms with Crippen LogP contribution in [0.15, 0.2) is 12.2 Å². The van der Waals surface area contributed by atoms with Crippen LogP contribution in [0.25, 0.3) is 0 Å². The van der Waals surface area contributed by atoms with Crippen molar-refractivity contribution in [2.75, 3.05) is 13.1 Å². The minimum Gasteiger partial charge on any atom is -0.345 e. The highest BCUT2D eigenvalue weighted by Crippen LogP contribution is 2.17. The first kappa shape index (κ1) is 16.8. The first-order valence-corrected chi connectivity index (χ1v) is 7.66. The lowest BCUT2D eigenvalue weighted by molar-refractivity contribution is -0.124. The number of nitrogens with one attached hydrogen (secondary N) is 1. The van der Waals surface area contributed by atoms with E-state index in [0.717, 1.165) is 25.8 Å². The summed E-state index contributed by atoms with van der Waals surface area (Å²) in [6.07, 6.45) is 7.10. The molecular formula is C17H28N2O. The molecule has 0 bridgehead atoms. The second-order valence-corrected chi connectivity index (χ2v) is 5.91. The molecule has 0 saturated heterocycles. The van der Waals surface area contributed by atoms with E-state index in [1.807, 2.05) is 0 Å². The Balaban J connectivity index is 2.28. The van der Waals surface area contributed by atoms with Gasteiger partial charge in [0.15, 0.2) is 0 Å². The molecule has 0 saturated carbocycles. The van der Waals surface area contributed by atoms with Gasteiger partial charge in [-0.05, 0) is 47.0 Å². The second-order valence-electron chi connectivity index (χ2n) is 5.91. The summed E-state index contributed by atoms with van der Waals surface area (Å²) in [5, 5.41) is 2.92. The third kappa shape index (κ3) is 5.79. The summed E-state index contributed by atoms with van der Waals surface area (Å²) < 4.78 is 0. The summed E-state index contributed by atoms with van der Waals surface area (Å²) in [6.45, 7) is 9.95. The molecule has 20 heavy (non-hydrogen) atoms. The Bertz CT molecular complexity index is 380. The minimum absolute atomic E-state index is 0.143. The molecule has 1 aliphatic rings. The molecule has 0 fully saturated rings. The summed E-state index contributed by atoms with van der Waals surface area (Å²) in [4.78, 5) is 14.2. The summed E-state index contributed by atoms with van der Waals surface area (Å²) in [6, 6.07) is 0.987. The average Bonchev–Trinajstić information content (AvgIpc) is 2.42. The molecule has 1 rings (SSSR count). The first-order valence-electron chi connectivity index (χ1n) is 7.66. The molecule has 0 aromatic rings. The number of hydrogen-bond acceptors (Lipinski definition) is 2. The molecule has 1 aliphatic carbocycles. The van der Waals surface area contributed by atoms with Gasteiger partial charge in [-0.15, -0.1) is 0 Å². The molecule has 112 valence electrons. The fraction of sp³-hybridized carbons (Fsp3) is 0.706. The van der Waals surface area contributed by atoms with Crippen LogP contribution in [0.2, 0.25) is 0 Å². The van der Waals surface area contributed by atoms with E-state index >= 15 is 0 Å². The van der Waals surface area contributed by atoms with Crippen molar-refractivity contribution in [2.45, 2.75) is 59.0 Å². The molecule has 0 aliphatic heterocycles. The normalized spacial score (nSPS) is 18.2. The van der Waals surface area contributed by atoms with Crippen LogP contribution < -0.4 is 5.32 Å². The lowest BCUT2D eigenvalue weighted by atomic mass is 9.94. The summed E-state index contributed by atoms with van der Waals surface area (Å²) >= 11 is 0. The fourth-order valence-corrected chi connectivity index (χ4v) is 2.48. The van der Waals surface area contributed by atoms with Crippen LogP contribution in [-0.4, -0.2) is 36.0 Å². The van der Waals surface area contributed by atoms with Crippen molar-refractivity contribution in [2.24, 2.45) is 5.92 Å². The van der Waals surface area contributed by atoms with Gasteiger partial charge in [0.25, 0.3) is 0 Å². The number of nitrogens with zero attached hydrogens (tertiary/aromatic N) is 1. The Labute approximate surface area is 123 Å². The van der Waals surface area contributed by atoms with Gasteiger partial charge in [-0.25, -0.2) is 0 Å². The highest BCUT2D eigenvalue weighted by atomic mass is 16.1. The van der Waals surface area contributed by atoms with Gasteiger partial charge >= 0.3 is 0 Å². The van der Waals surface area contributed by atoms with E-state index in [1.54, 1.807) is 0 Å². The van der Waals surface area contributed by atoms with Crippen LogP contribution in [0.1, 0.15) is 47.0 Å². The van der Waals surface area contributed by atoms with E-state index < -0.39 is 0 Å². The zero-order chi connectivity index (χ0) is 15.0. The molecular weight excluding hydrogens is 248 g/mol. The maximum absolute atomic E-state index is 11.9. The predicted octanol–water partition coefficient (Wildman–Crippen LogP) is 2.58. The molecule has 3 nitrogen and oxygen atoms in total. The predicted molar refractivity (Wildman–Crippen MR) is 84.2 cm³/mol. The number of hydrogen-bond donors (Lipinski definition) is 1. The van der Waals surface area contributed by atoms with Crippen LogP contribution in [0.4, 0.5) is 0 Å². The second kappa shape index (κ2) is 8.81. The number of carbonyl (C=O) groups is 1. The van der Waals surface area contributed by atoms with Gasteiger partial charge in [0.05, 0.1) is 13.1 Å². The Morgan fingerprint density at radius 1 is 1.25 bits per heavy atom. The highest BCUT2D eigenvalue weighted by molar-refractivity contribution is 5.79. The number of amides is 1. The third-order valence-electron chi connectivity index (χ3n) is 3.70. The highest BCUT2D eigenvalue weighted by Gasteiger charge is 2.17. The lowest BCUT2D eigenvalue weighted by Crippen LogP contribution is -2.37. The van der Waals surface area contributed by atoms with E-state index in [0.29, 0.717) is 18.6 Å². The Morgan fingerprint density at radius 2 is 1.95 bits per heavy atom. The number of carbonyl (C=O) groups excluding carboxylic acids is 1. The SMILES string of the molecule is CC(C)N(CC#CCNC(=O)[C@@H]1CC=CCC1)C(C)C. The van der Waals surface area contributed by atoms with Crippen LogP contribution in [0.3, 0.4) is 0 Å². The van der Waals surface area contributed by atoms with Gasteiger partial charge in [-0.1, -0.05) is 24.0 Å². The van der Waals surface area contributed by atoms with E-state index in [9.17, 15) is 4.79 Å². The lowest BCUT2D eigenvalue weighted by Gasteiger charge is -2.28. The number of rotatable bonds is 5. The molecule has 0 radical (unpaired) electrons. The quantitative estimate of drug-likeness (QED) is 0.618. The first-order chi connectivity index (χ1) is 9.52. The van der Waals surface area contributed by atoms with Crippen LogP contribution >= 0.6 is 0 Å². The van der Waals surface area contributed by atoms with Crippen molar-refractivity contribution in [1.29, 1.82) is 0 Å². The van der Waals surface area contributed by atoms with Crippen molar-refractivity contribution in [1.82, 2.24) is 10.2 Å². The van der Waals surface area contributed by atoms with E-state index in [4.69, 9.17) is 0 Å². The van der Waals surface area contributed by atoms with Gasteiger partial charge in [-0.2, -0.15) is 0 Å². The van der Waals surface area contributed by atoms with Gasteiger partial charge in [-0.3, -0.25) is 9.69 Å². The van der Waals surface area contributed by atoms with Crippen LogP contribution in [0, 0.1) is 17.8 Å². The molecule has 1 atom stereocenters. The molecule has 0 heterocycles. The van der Waals surface area contributed by atoms with Gasteiger partial charge < -0.3 is 5.32 Å². The van der Waals surface area contributed by atoms with E-state index in [1.165, 1.54) is 0 Å². The molecule has 3 heteroatoms. The van der Waals surface area contributed by atoms with Crippen LogP contribution in [0.5, 0.6) is 0 Å². The minimum atomic E-state index is 0.143. The molecule has 0 aromatic heterocycles. The van der Waals surface area contributed by atoms with Crippen molar-refractivity contribution in [3.05, 3.63) is 12.2 Å². The smallest absolute Gasteiger partial charge is 0.224 e. The molecule has 0 aromatic carbocycles. The largest absolute Gasteiger partial charge is 0.345 e. The molecule has 0 unspecified atom stereocenters. The maximum Gasteiger partial charge on any atom is 0.224 e. The number of allylic oxidation sites excluding steroid dienone is 2. The van der Waals surface area contributed by atoms with Gasteiger partial charge in [0, 0.05) is 18.0 Å². The Kier molecular flexibility index (Phi) is 7.40. The van der Waals surface area contributed by atoms with Crippen LogP contribution in [-0.2, 0) is 4.79 Å². The van der Waals surface area contributed by atoms with Crippen molar-refractivity contribution in [3.63, 3.8) is 0 Å². The molecule has 0 spiro atoms. The van der Waals surface area contributed by atoms with Gasteiger partial charge in [0.2, 0.25) is 5.91 Å². The summed E-state index contributed by atoms with van der Waals surface area (Å²) in [5.41, 5.74) is 0. The summed E-state index contributed by atoms with van der Waals surface area (Å²) in [5.74, 6) is 6.50. The summed E-state index contributed by atoms with van der Waals surface area (Å²) in [7, 11) is 0. The average molecular weight is 276 g/mol. The van der Waals surface area contributed by atoms with E-state index in [-0.39, 0.29) is 11.8 Å². The van der Waals surface area contributed by atoms with Gasteiger partial charge in [0.1, 0.15) is 0 Å². The van der Waals surface area contributed by atoms with Crippen molar-refractivity contribution in [3.8, 4) is 11.8 Å². The maximum atomic E-state index is 11.9. The third-order valence-corrected chi connectivity index (χ3v) is 3.70. The Hall–Kier alpha value is -1.27. The molecule has 1 amide bonds. The Morgan fingerprint density at radius 3 is 2.50 bits per heavy atom. The van der Waals surface area contributed by atoms with E-state index in [2.05, 4.69) is 61.9 Å². The topological polar surface area (TPSA) is 32.3 Å². The fourth-order valence-electron chi connectivity index (χ4n) is 2.48. The monoisotopic (exact) mass is 276 g/mol. The standard InChI is InChI=1S/C17H28N2O/c1-14(2)19(15(3)4)13-9-8-12-18-17(20)16-10-6-5-7-11-16/h5-6,14-16H,7,10-13H2,1-4H3,(H,18,20)/t16-/m1/s1. The zero-order valence-corrected chi connectivity index (χ0v) is 13.3.